The third-order valence-corrected chi connectivity index (χ3v) is 1.90. The van der Waals surface area contributed by atoms with E-state index >= 15 is 0 Å². The lowest BCUT2D eigenvalue weighted by atomic mass is 10.2. The highest BCUT2D eigenvalue weighted by Gasteiger charge is 2.20. The van der Waals surface area contributed by atoms with Crippen molar-refractivity contribution in [2.45, 2.75) is 13.3 Å². The summed E-state index contributed by atoms with van der Waals surface area (Å²) in [5.74, 6) is 0. The van der Waals surface area contributed by atoms with Crippen molar-refractivity contribution in [3.05, 3.63) is 29.8 Å². The first kappa shape index (κ1) is 13.4. The molecular formula is C8H12BF4P. The molecule has 1 unspecified atom stereocenters. The van der Waals surface area contributed by atoms with E-state index in [1.807, 2.05) is 9.24 Å². The Labute approximate surface area is 83.0 Å². The van der Waals surface area contributed by atoms with Gasteiger partial charge in [0.15, 0.2) is 0 Å². The molecule has 1 aromatic rings. The number of halogens is 4. The number of aryl methyl sites for hydroxylation is 1. The maximum atomic E-state index is 9.75. The van der Waals surface area contributed by atoms with Gasteiger partial charge < -0.3 is 17.3 Å². The number of hydrogen-bond donors (Lipinski definition) is 0. The maximum Gasteiger partial charge on any atom is 0.673 e. The fraction of sp³-hybridized carbons (Fsp3) is 0.250. The van der Waals surface area contributed by atoms with Crippen LogP contribution in [0.4, 0.5) is 17.3 Å². The third kappa shape index (κ3) is 9.52. The summed E-state index contributed by atoms with van der Waals surface area (Å²) in [7, 11) is -4.08. The smallest absolute Gasteiger partial charge is 0.418 e. The standard InChI is InChI=1S/C8H11P.BF4/c1-2-7-3-5-8(9)6-4-7;2-1(3,4)5/h3-6H,2,9H2,1H3;/q;-1/p+1. The van der Waals surface area contributed by atoms with Crippen LogP contribution >= 0.6 is 9.24 Å². The van der Waals surface area contributed by atoms with Crippen molar-refractivity contribution in [3.63, 3.8) is 0 Å². The van der Waals surface area contributed by atoms with E-state index in [9.17, 15) is 17.3 Å². The molecule has 0 fully saturated rings. The second kappa shape index (κ2) is 6.02. The van der Waals surface area contributed by atoms with Gasteiger partial charge >= 0.3 is 7.25 Å². The topological polar surface area (TPSA) is 0 Å². The Morgan fingerprint density at radius 3 is 1.71 bits per heavy atom. The largest absolute Gasteiger partial charge is 0.673 e. The zero-order chi connectivity index (χ0) is 11.2. The van der Waals surface area contributed by atoms with Gasteiger partial charge in [-0.05, 0) is 24.1 Å². The lowest BCUT2D eigenvalue weighted by molar-refractivity contribution is 0.368. The van der Waals surface area contributed by atoms with Gasteiger partial charge in [0.05, 0.1) is 5.30 Å². The Bertz CT molecular complexity index is 251. The fourth-order valence-electron chi connectivity index (χ4n) is 0.775. The van der Waals surface area contributed by atoms with E-state index in [0.29, 0.717) is 0 Å². The first-order valence-electron chi connectivity index (χ1n) is 4.11. The molecule has 0 bridgehead atoms. The van der Waals surface area contributed by atoms with Crippen molar-refractivity contribution in [2.24, 2.45) is 0 Å². The van der Waals surface area contributed by atoms with Gasteiger partial charge in [-0.25, -0.2) is 0 Å². The highest BCUT2D eigenvalue weighted by Crippen LogP contribution is 2.06. The molecule has 0 saturated heterocycles. The average Bonchev–Trinajstić information content (AvgIpc) is 2.03. The second-order valence-corrected chi connectivity index (χ2v) is 3.48. The monoisotopic (exact) mass is 226 g/mol. The molecule has 0 saturated carbocycles. The maximum absolute atomic E-state index is 9.75. The third-order valence-electron chi connectivity index (χ3n) is 1.43. The molecule has 1 rings (SSSR count). The van der Waals surface area contributed by atoms with Gasteiger partial charge in [-0.1, -0.05) is 19.1 Å². The lowest BCUT2D eigenvalue weighted by Gasteiger charge is -1.94. The lowest BCUT2D eigenvalue weighted by Crippen LogP contribution is -2.02. The molecule has 0 aliphatic rings. The Morgan fingerprint density at radius 2 is 1.43 bits per heavy atom. The van der Waals surface area contributed by atoms with Gasteiger partial charge in [0, 0.05) is 9.24 Å². The van der Waals surface area contributed by atoms with E-state index in [1.165, 1.54) is 10.9 Å². The molecule has 0 amide bonds. The van der Waals surface area contributed by atoms with Gasteiger partial charge in [-0.3, -0.25) is 0 Å². The van der Waals surface area contributed by atoms with E-state index < -0.39 is 7.25 Å². The van der Waals surface area contributed by atoms with Crippen LogP contribution in [-0.4, -0.2) is 7.25 Å². The summed E-state index contributed by atoms with van der Waals surface area (Å²) >= 11 is 0. The highest BCUT2D eigenvalue weighted by atomic mass is 31.0. The van der Waals surface area contributed by atoms with E-state index in [1.54, 1.807) is 0 Å². The van der Waals surface area contributed by atoms with Crippen LogP contribution in [0.25, 0.3) is 0 Å². The van der Waals surface area contributed by atoms with Gasteiger partial charge in [0.25, 0.3) is 0 Å². The molecule has 80 valence electrons. The molecule has 0 N–H and O–H groups in total. The Hall–Kier alpha value is -0.565. The minimum Gasteiger partial charge on any atom is -0.418 e. The molecule has 0 aliphatic carbocycles. The molecule has 1 atom stereocenters. The highest BCUT2D eigenvalue weighted by molar-refractivity contribution is 7.27. The van der Waals surface area contributed by atoms with Crippen LogP contribution in [0.2, 0.25) is 0 Å². The van der Waals surface area contributed by atoms with Gasteiger partial charge in [-0.2, -0.15) is 0 Å². The van der Waals surface area contributed by atoms with Crippen molar-refractivity contribution in [1.82, 2.24) is 0 Å². The molecule has 0 radical (unpaired) electrons. The second-order valence-electron chi connectivity index (χ2n) is 2.66. The van der Waals surface area contributed by atoms with E-state index in [4.69, 9.17) is 0 Å². The zero-order valence-electron chi connectivity index (χ0n) is 7.81. The summed E-state index contributed by atoms with van der Waals surface area (Å²) in [6.45, 7) is 2.17. The Kier molecular flexibility index (Phi) is 5.78. The van der Waals surface area contributed by atoms with Crippen molar-refractivity contribution in [2.75, 3.05) is 0 Å². The van der Waals surface area contributed by atoms with E-state index in [2.05, 4.69) is 31.2 Å². The molecule has 6 heteroatoms. The Morgan fingerprint density at radius 1 is 1.07 bits per heavy atom. The van der Waals surface area contributed by atoms with E-state index in [-0.39, 0.29) is 0 Å². The fourth-order valence-corrected chi connectivity index (χ4v) is 1.01. The van der Waals surface area contributed by atoms with Crippen LogP contribution in [0, 0.1) is 0 Å². The summed E-state index contributed by atoms with van der Waals surface area (Å²) in [5.41, 5.74) is 1.42. The minimum atomic E-state index is -6.00. The van der Waals surface area contributed by atoms with Crippen LogP contribution in [0.3, 0.4) is 0 Å². The zero-order valence-corrected chi connectivity index (χ0v) is 9.23. The minimum absolute atomic E-state index is 1.14. The van der Waals surface area contributed by atoms with Crippen LogP contribution < -0.4 is 5.30 Å². The molecule has 0 heterocycles. The predicted octanol–water partition coefficient (Wildman–Crippen LogP) is 2.78. The van der Waals surface area contributed by atoms with Crippen molar-refractivity contribution >= 4 is 21.8 Å². The quantitative estimate of drug-likeness (QED) is 0.392. The van der Waals surface area contributed by atoms with Crippen LogP contribution in [0.1, 0.15) is 12.5 Å². The van der Waals surface area contributed by atoms with Crippen LogP contribution in [0.15, 0.2) is 24.3 Å². The van der Waals surface area contributed by atoms with Crippen molar-refractivity contribution in [1.29, 1.82) is 0 Å². The molecule has 0 aliphatic heterocycles. The number of benzene rings is 1. The van der Waals surface area contributed by atoms with Crippen LogP contribution in [0.5, 0.6) is 0 Å². The molecule has 1 aromatic carbocycles. The number of rotatable bonds is 1. The van der Waals surface area contributed by atoms with Gasteiger partial charge in [0.1, 0.15) is 0 Å². The molecule has 0 nitrogen and oxygen atoms in total. The first-order valence-corrected chi connectivity index (χ1v) is 4.82. The first-order chi connectivity index (χ1) is 6.33. The summed E-state index contributed by atoms with van der Waals surface area (Å²) < 4.78 is 39.0. The van der Waals surface area contributed by atoms with Crippen molar-refractivity contribution < 1.29 is 17.3 Å². The molecular weight excluding hydrogens is 214 g/mol. The number of hydrogen-bond acceptors (Lipinski definition) is 0. The predicted molar refractivity (Wildman–Crippen MR) is 56.7 cm³/mol. The summed E-state index contributed by atoms with van der Waals surface area (Å²) in [6.07, 6.45) is 1.14. The summed E-state index contributed by atoms with van der Waals surface area (Å²) in [4.78, 5) is 0. The summed E-state index contributed by atoms with van der Waals surface area (Å²) in [6, 6.07) is 8.69. The molecule has 0 spiro atoms. The average molecular weight is 226 g/mol. The SMILES string of the molecule is CCc1ccc([PH3+])cc1.F[B-](F)(F)F. The van der Waals surface area contributed by atoms with Crippen LogP contribution in [-0.2, 0) is 6.42 Å². The molecule has 14 heavy (non-hydrogen) atoms. The Balaban J connectivity index is 0.000000292. The van der Waals surface area contributed by atoms with Gasteiger partial charge in [-0.15, -0.1) is 0 Å². The van der Waals surface area contributed by atoms with Gasteiger partial charge in [0.2, 0.25) is 0 Å². The van der Waals surface area contributed by atoms with Crippen molar-refractivity contribution in [3.8, 4) is 0 Å². The normalized spacial score (nSPS) is 10.6. The summed E-state index contributed by atoms with van der Waals surface area (Å²) in [5, 5.41) is 1.37. The van der Waals surface area contributed by atoms with E-state index in [0.717, 1.165) is 6.42 Å². The molecule has 0 aromatic heterocycles.